The van der Waals surface area contributed by atoms with Crippen LogP contribution in [0.2, 0.25) is 0 Å². The number of carbonyl (C=O) groups excluding carboxylic acids is 1. The molecule has 2 heterocycles. The van der Waals surface area contributed by atoms with Crippen molar-refractivity contribution in [1.82, 2.24) is 14.5 Å². The third-order valence-electron chi connectivity index (χ3n) is 5.39. The second kappa shape index (κ2) is 8.70. The predicted molar refractivity (Wildman–Crippen MR) is 121 cm³/mol. The minimum absolute atomic E-state index is 0.254. The minimum atomic E-state index is -0.404. The second-order valence-electron chi connectivity index (χ2n) is 7.66. The van der Waals surface area contributed by atoms with Crippen LogP contribution in [0.25, 0.3) is 11.0 Å². The number of esters is 1. The van der Waals surface area contributed by atoms with Crippen LogP contribution in [0.1, 0.15) is 33.0 Å². The molecule has 0 amide bonds. The standard InChI is InChI=1S/C25H25N3O4/c1-15-11-16(2)24(26-17(15)3)32-20-9-10-21-22(13-20)28(4)23(27-21)14-31-19-8-6-7-18(12-19)25(29)30-5/h6-13H,14H2,1-5H3. The summed E-state index contributed by atoms with van der Waals surface area (Å²) < 4.78 is 18.7. The first-order chi connectivity index (χ1) is 15.4. The first kappa shape index (κ1) is 21.4. The summed E-state index contributed by atoms with van der Waals surface area (Å²) in [5.74, 6) is 2.21. The fourth-order valence-electron chi connectivity index (χ4n) is 3.43. The number of rotatable bonds is 6. The zero-order valence-corrected chi connectivity index (χ0v) is 18.8. The highest BCUT2D eigenvalue weighted by Crippen LogP contribution is 2.28. The van der Waals surface area contributed by atoms with Gasteiger partial charge in [0, 0.05) is 24.4 Å². The molecule has 0 aliphatic heterocycles. The Morgan fingerprint density at radius 1 is 0.969 bits per heavy atom. The maximum Gasteiger partial charge on any atom is 0.337 e. The molecule has 0 fully saturated rings. The van der Waals surface area contributed by atoms with Gasteiger partial charge in [0.15, 0.2) is 0 Å². The van der Waals surface area contributed by atoms with Gasteiger partial charge in [0.25, 0.3) is 0 Å². The summed E-state index contributed by atoms with van der Waals surface area (Å²) in [6, 6.07) is 14.7. The molecule has 164 valence electrons. The zero-order valence-electron chi connectivity index (χ0n) is 18.8. The number of hydrogen-bond acceptors (Lipinski definition) is 6. The molecule has 0 spiro atoms. The lowest BCUT2D eigenvalue weighted by atomic mass is 10.2. The van der Waals surface area contributed by atoms with Crippen molar-refractivity contribution in [3.63, 3.8) is 0 Å². The average molecular weight is 431 g/mol. The Bertz CT molecular complexity index is 1310. The largest absolute Gasteiger partial charge is 0.486 e. The Kier molecular flexibility index (Phi) is 5.81. The smallest absolute Gasteiger partial charge is 0.337 e. The second-order valence-corrected chi connectivity index (χ2v) is 7.66. The van der Waals surface area contributed by atoms with Crippen molar-refractivity contribution in [2.45, 2.75) is 27.4 Å². The Morgan fingerprint density at radius 3 is 2.56 bits per heavy atom. The van der Waals surface area contributed by atoms with Gasteiger partial charge in [0.05, 0.1) is 23.7 Å². The summed E-state index contributed by atoms with van der Waals surface area (Å²) in [6.45, 7) is 6.25. The fraction of sp³-hybridized carbons (Fsp3) is 0.240. The maximum atomic E-state index is 11.7. The van der Waals surface area contributed by atoms with E-state index in [0.29, 0.717) is 22.9 Å². The van der Waals surface area contributed by atoms with Crippen molar-refractivity contribution < 1.29 is 19.0 Å². The summed E-state index contributed by atoms with van der Waals surface area (Å²) in [6.07, 6.45) is 0. The van der Waals surface area contributed by atoms with E-state index in [4.69, 9.17) is 14.2 Å². The number of aromatic nitrogens is 3. The quantitative estimate of drug-likeness (QED) is 0.398. The van der Waals surface area contributed by atoms with E-state index in [1.165, 1.54) is 7.11 Å². The Labute approximate surface area is 186 Å². The molecular formula is C25H25N3O4. The van der Waals surface area contributed by atoms with Crippen molar-refractivity contribution >= 4 is 17.0 Å². The van der Waals surface area contributed by atoms with Gasteiger partial charge < -0.3 is 18.8 Å². The van der Waals surface area contributed by atoms with Crippen molar-refractivity contribution in [2.75, 3.05) is 7.11 Å². The molecule has 0 aliphatic carbocycles. The van der Waals surface area contributed by atoms with Gasteiger partial charge in [-0.15, -0.1) is 0 Å². The van der Waals surface area contributed by atoms with E-state index >= 15 is 0 Å². The number of nitrogens with zero attached hydrogens (tertiary/aromatic N) is 3. The van der Waals surface area contributed by atoms with Gasteiger partial charge in [-0.05, 0) is 62.7 Å². The predicted octanol–water partition coefficient (Wildman–Crippen LogP) is 5.05. The maximum absolute atomic E-state index is 11.7. The number of aryl methyl sites for hydroxylation is 4. The van der Waals surface area contributed by atoms with E-state index in [-0.39, 0.29) is 6.61 Å². The van der Waals surface area contributed by atoms with Crippen molar-refractivity contribution in [1.29, 1.82) is 0 Å². The van der Waals surface area contributed by atoms with Crippen LogP contribution in [0.5, 0.6) is 17.4 Å². The van der Waals surface area contributed by atoms with Gasteiger partial charge in [-0.3, -0.25) is 0 Å². The van der Waals surface area contributed by atoms with E-state index in [1.54, 1.807) is 24.3 Å². The normalized spacial score (nSPS) is 10.9. The monoisotopic (exact) mass is 431 g/mol. The van der Waals surface area contributed by atoms with Crippen LogP contribution in [0, 0.1) is 20.8 Å². The minimum Gasteiger partial charge on any atom is -0.486 e. The molecule has 0 saturated heterocycles. The molecule has 32 heavy (non-hydrogen) atoms. The van der Waals surface area contributed by atoms with E-state index in [1.807, 2.05) is 50.6 Å². The number of benzene rings is 2. The van der Waals surface area contributed by atoms with Crippen LogP contribution in [-0.4, -0.2) is 27.6 Å². The summed E-state index contributed by atoms with van der Waals surface area (Å²) in [7, 11) is 3.28. The van der Waals surface area contributed by atoms with Crippen LogP contribution in [0.15, 0.2) is 48.5 Å². The number of hydrogen-bond donors (Lipinski definition) is 0. The molecule has 7 nitrogen and oxygen atoms in total. The topological polar surface area (TPSA) is 75.5 Å². The van der Waals surface area contributed by atoms with E-state index in [0.717, 1.165) is 33.7 Å². The van der Waals surface area contributed by atoms with Gasteiger partial charge in [0.1, 0.15) is 23.9 Å². The van der Waals surface area contributed by atoms with Crippen LogP contribution in [0.3, 0.4) is 0 Å². The molecule has 0 unspecified atom stereocenters. The lowest BCUT2D eigenvalue weighted by Gasteiger charge is -2.10. The highest BCUT2D eigenvalue weighted by molar-refractivity contribution is 5.89. The van der Waals surface area contributed by atoms with Crippen molar-refractivity contribution in [3.05, 3.63) is 76.7 Å². The number of methoxy groups -OCH3 is 1. The Hall–Kier alpha value is -3.87. The Morgan fingerprint density at radius 2 is 1.78 bits per heavy atom. The molecule has 0 N–H and O–H groups in total. The molecular weight excluding hydrogens is 406 g/mol. The van der Waals surface area contributed by atoms with Crippen LogP contribution >= 0.6 is 0 Å². The molecule has 0 radical (unpaired) electrons. The highest BCUT2D eigenvalue weighted by Gasteiger charge is 2.13. The highest BCUT2D eigenvalue weighted by atomic mass is 16.5. The number of ether oxygens (including phenoxy) is 3. The molecule has 0 bridgehead atoms. The molecule has 2 aromatic carbocycles. The van der Waals surface area contributed by atoms with Crippen molar-refractivity contribution in [2.24, 2.45) is 7.05 Å². The van der Waals surface area contributed by atoms with Crippen LogP contribution in [0.4, 0.5) is 0 Å². The molecule has 0 saturated carbocycles. The van der Waals surface area contributed by atoms with Crippen LogP contribution < -0.4 is 9.47 Å². The molecule has 4 rings (SSSR count). The number of pyridine rings is 1. The third kappa shape index (κ3) is 4.27. The average Bonchev–Trinajstić information content (AvgIpc) is 3.10. The molecule has 2 aromatic heterocycles. The van der Waals surface area contributed by atoms with Gasteiger partial charge in [-0.2, -0.15) is 0 Å². The molecule has 4 aromatic rings. The summed E-state index contributed by atoms with van der Waals surface area (Å²) in [5, 5.41) is 0. The summed E-state index contributed by atoms with van der Waals surface area (Å²) >= 11 is 0. The zero-order chi connectivity index (χ0) is 22.8. The van der Waals surface area contributed by atoms with E-state index in [9.17, 15) is 4.79 Å². The van der Waals surface area contributed by atoms with Gasteiger partial charge in [0.2, 0.25) is 5.88 Å². The van der Waals surface area contributed by atoms with Gasteiger partial charge >= 0.3 is 5.97 Å². The van der Waals surface area contributed by atoms with Gasteiger partial charge in [-0.25, -0.2) is 14.8 Å². The SMILES string of the molecule is COC(=O)c1cccc(OCc2nc3ccc(Oc4nc(C)c(C)cc4C)cc3n2C)c1. The lowest BCUT2D eigenvalue weighted by Crippen LogP contribution is -2.05. The lowest BCUT2D eigenvalue weighted by molar-refractivity contribution is 0.0600. The number of carbonyl (C=O) groups is 1. The van der Waals surface area contributed by atoms with Crippen molar-refractivity contribution in [3.8, 4) is 17.4 Å². The summed E-state index contributed by atoms with van der Waals surface area (Å²) in [5.41, 5.74) is 5.27. The molecule has 0 aliphatic rings. The third-order valence-corrected chi connectivity index (χ3v) is 5.39. The van der Waals surface area contributed by atoms with E-state index in [2.05, 4.69) is 16.0 Å². The first-order valence-corrected chi connectivity index (χ1v) is 10.2. The Balaban J connectivity index is 1.55. The number of imidazole rings is 1. The van der Waals surface area contributed by atoms with Crippen LogP contribution in [-0.2, 0) is 18.4 Å². The molecule has 7 heteroatoms. The van der Waals surface area contributed by atoms with Gasteiger partial charge in [-0.1, -0.05) is 6.07 Å². The van der Waals surface area contributed by atoms with E-state index < -0.39 is 5.97 Å². The summed E-state index contributed by atoms with van der Waals surface area (Å²) in [4.78, 5) is 21.0. The first-order valence-electron chi connectivity index (χ1n) is 10.2. The number of fused-ring (bicyclic) bond motifs is 1. The fourth-order valence-corrected chi connectivity index (χ4v) is 3.43. The molecule has 0 atom stereocenters.